The number of ether oxygens (including phenoxy) is 2. The second kappa shape index (κ2) is 8.35. The van der Waals surface area contributed by atoms with Crippen molar-refractivity contribution in [3.63, 3.8) is 0 Å². The first kappa shape index (κ1) is 19.1. The van der Waals surface area contributed by atoms with Crippen LogP contribution in [0.15, 0.2) is 24.3 Å². The zero-order chi connectivity index (χ0) is 18.6. The predicted octanol–water partition coefficient (Wildman–Crippen LogP) is 2.55. The second-order valence-electron chi connectivity index (χ2n) is 7.69. The quantitative estimate of drug-likeness (QED) is 0.805. The zero-order valence-electron chi connectivity index (χ0n) is 15.7. The van der Waals surface area contributed by atoms with E-state index in [1.807, 2.05) is 18.7 Å². The Kier molecular flexibility index (Phi) is 6.14. The lowest BCUT2D eigenvalue weighted by Crippen LogP contribution is -2.60. The summed E-state index contributed by atoms with van der Waals surface area (Å²) in [7, 11) is 0. The summed E-state index contributed by atoms with van der Waals surface area (Å²) in [6.07, 6.45) is 2.00. The summed E-state index contributed by atoms with van der Waals surface area (Å²) in [5.74, 6) is 0.698. The highest BCUT2D eigenvalue weighted by Crippen LogP contribution is 2.25. The lowest BCUT2D eigenvalue weighted by Gasteiger charge is -2.44. The molecule has 1 amide bonds. The molecule has 2 aliphatic heterocycles. The Hall–Kier alpha value is -1.66. The standard InChI is InChI=1S/C20H29FN2O3/c1-20(2,23-9-11-25-12-10-23)19(24)22-8-4-5-16(14-22)15-26-18-7-3-6-17(21)13-18/h3,6-7,13,16H,4-5,8-12,14-15H2,1-2H3. The van der Waals surface area contributed by atoms with E-state index in [0.717, 1.165) is 32.5 Å². The fourth-order valence-electron chi connectivity index (χ4n) is 3.80. The average molecular weight is 364 g/mol. The number of likely N-dealkylation sites (tertiary alicyclic amines) is 1. The van der Waals surface area contributed by atoms with E-state index in [0.29, 0.717) is 32.1 Å². The summed E-state index contributed by atoms with van der Waals surface area (Å²) in [4.78, 5) is 17.3. The van der Waals surface area contributed by atoms with E-state index in [1.165, 1.54) is 12.1 Å². The van der Waals surface area contributed by atoms with Gasteiger partial charge in [-0.3, -0.25) is 9.69 Å². The monoisotopic (exact) mass is 364 g/mol. The van der Waals surface area contributed by atoms with Crippen molar-refractivity contribution < 1.29 is 18.7 Å². The highest BCUT2D eigenvalue weighted by atomic mass is 19.1. The molecule has 0 saturated carbocycles. The van der Waals surface area contributed by atoms with E-state index >= 15 is 0 Å². The summed E-state index contributed by atoms with van der Waals surface area (Å²) >= 11 is 0. The Morgan fingerprint density at radius 2 is 2.08 bits per heavy atom. The van der Waals surface area contributed by atoms with E-state index in [9.17, 15) is 9.18 Å². The first-order valence-corrected chi connectivity index (χ1v) is 9.47. The van der Waals surface area contributed by atoms with Crippen LogP contribution in [-0.2, 0) is 9.53 Å². The van der Waals surface area contributed by atoms with E-state index in [4.69, 9.17) is 9.47 Å². The van der Waals surface area contributed by atoms with Crippen molar-refractivity contribution in [3.05, 3.63) is 30.1 Å². The number of amides is 1. The van der Waals surface area contributed by atoms with Gasteiger partial charge in [0.05, 0.1) is 25.4 Å². The molecule has 1 aromatic rings. The van der Waals surface area contributed by atoms with Crippen LogP contribution in [-0.4, -0.2) is 67.2 Å². The van der Waals surface area contributed by atoms with E-state index < -0.39 is 5.54 Å². The van der Waals surface area contributed by atoms with E-state index in [1.54, 1.807) is 12.1 Å². The van der Waals surface area contributed by atoms with Crippen LogP contribution in [0.1, 0.15) is 26.7 Å². The van der Waals surface area contributed by atoms with Crippen molar-refractivity contribution in [3.8, 4) is 5.75 Å². The molecule has 3 rings (SSSR count). The molecule has 1 atom stereocenters. The summed E-state index contributed by atoms with van der Waals surface area (Å²) in [6.45, 7) is 8.95. The van der Waals surface area contributed by atoms with Crippen LogP contribution in [0, 0.1) is 11.7 Å². The number of carbonyl (C=O) groups excluding carboxylic acids is 1. The number of carbonyl (C=O) groups is 1. The van der Waals surface area contributed by atoms with Gasteiger partial charge in [-0.05, 0) is 38.8 Å². The first-order valence-electron chi connectivity index (χ1n) is 9.47. The second-order valence-corrected chi connectivity index (χ2v) is 7.69. The number of morpholine rings is 1. The average Bonchev–Trinajstić information content (AvgIpc) is 2.67. The third kappa shape index (κ3) is 4.54. The van der Waals surface area contributed by atoms with Crippen molar-refractivity contribution in [2.75, 3.05) is 46.0 Å². The van der Waals surface area contributed by atoms with Gasteiger partial charge in [0.15, 0.2) is 0 Å². The van der Waals surface area contributed by atoms with Crippen LogP contribution in [0.2, 0.25) is 0 Å². The highest BCUT2D eigenvalue weighted by Gasteiger charge is 2.39. The molecule has 26 heavy (non-hydrogen) atoms. The molecule has 2 aliphatic rings. The van der Waals surface area contributed by atoms with Crippen molar-refractivity contribution >= 4 is 5.91 Å². The number of nitrogens with zero attached hydrogens (tertiary/aromatic N) is 2. The van der Waals surface area contributed by atoms with Gasteiger partial charge in [-0.15, -0.1) is 0 Å². The molecule has 0 bridgehead atoms. The van der Waals surface area contributed by atoms with Crippen molar-refractivity contribution in [1.82, 2.24) is 9.80 Å². The fourth-order valence-corrected chi connectivity index (χ4v) is 3.80. The Morgan fingerprint density at radius 3 is 2.81 bits per heavy atom. The van der Waals surface area contributed by atoms with Gasteiger partial charge in [0, 0.05) is 38.2 Å². The summed E-state index contributed by atoms with van der Waals surface area (Å²) < 4.78 is 24.4. The molecule has 5 nitrogen and oxygen atoms in total. The molecule has 0 radical (unpaired) electrons. The maximum absolute atomic E-state index is 13.3. The van der Waals surface area contributed by atoms with Crippen LogP contribution in [0.4, 0.5) is 4.39 Å². The van der Waals surface area contributed by atoms with Gasteiger partial charge in [0.2, 0.25) is 5.91 Å². The Bertz CT molecular complexity index is 617. The topological polar surface area (TPSA) is 42.0 Å². The third-order valence-corrected chi connectivity index (χ3v) is 5.41. The van der Waals surface area contributed by atoms with Gasteiger partial charge in [-0.25, -0.2) is 4.39 Å². The number of rotatable bonds is 5. The van der Waals surface area contributed by atoms with Gasteiger partial charge in [0.1, 0.15) is 11.6 Å². The molecule has 0 aliphatic carbocycles. The van der Waals surface area contributed by atoms with Crippen LogP contribution >= 0.6 is 0 Å². The predicted molar refractivity (Wildman–Crippen MR) is 97.7 cm³/mol. The lowest BCUT2D eigenvalue weighted by atomic mass is 9.94. The zero-order valence-corrected chi connectivity index (χ0v) is 15.7. The van der Waals surface area contributed by atoms with Gasteiger partial charge in [-0.1, -0.05) is 6.07 Å². The molecule has 1 unspecified atom stereocenters. The molecule has 6 heteroatoms. The first-order chi connectivity index (χ1) is 12.5. The van der Waals surface area contributed by atoms with Crippen LogP contribution in [0.25, 0.3) is 0 Å². The molecule has 144 valence electrons. The summed E-state index contributed by atoms with van der Waals surface area (Å²) in [5.41, 5.74) is -0.519. The van der Waals surface area contributed by atoms with E-state index in [2.05, 4.69) is 4.90 Å². The molecule has 2 fully saturated rings. The summed E-state index contributed by atoms with van der Waals surface area (Å²) in [6, 6.07) is 6.21. The molecule has 0 N–H and O–H groups in total. The largest absolute Gasteiger partial charge is 0.493 e. The molecule has 2 heterocycles. The number of halogens is 1. The minimum absolute atomic E-state index is 0.176. The number of piperidine rings is 1. The minimum atomic E-state index is -0.519. The number of hydrogen-bond acceptors (Lipinski definition) is 4. The maximum atomic E-state index is 13.3. The minimum Gasteiger partial charge on any atom is -0.493 e. The number of hydrogen-bond donors (Lipinski definition) is 0. The van der Waals surface area contributed by atoms with Gasteiger partial charge >= 0.3 is 0 Å². The van der Waals surface area contributed by atoms with Gasteiger partial charge < -0.3 is 14.4 Å². The van der Waals surface area contributed by atoms with Crippen LogP contribution in [0.5, 0.6) is 5.75 Å². The SMILES string of the molecule is CC(C)(C(=O)N1CCCC(COc2cccc(F)c2)C1)N1CCOCC1. The molecule has 2 saturated heterocycles. The fraction of sp³-hybridized carbons (Fsp3) is 0.650. The molecular formula is C20H29FN2O3. The smallest absolute Gasteiger partial charge is 0.242 e. The van der Waals surface area contributed by atoms with Crippen molar-refractivity contribution in [1.29, 1.82) is 0 Å². The van der Waals surface area contributed by atoms with Gasteiger partial charge in [-0.2, -0.15) is 0 Å². The van der Waals surface area contributed by atoms with Crippen LogP contribution < -0.4 is 4.74 Å². The number of benzene rings is 1. The Labute approximate surface area is 155 Å². The van der Waals surface area contributed by atoms with E-state index in [-0.39, 0.29) is 17.6 Å². The van der Waals surface area contributed by atoms with Crippen molar-refractivity contribution in [2.24, 2.45) is 5.92 Å². The van der Waals surface area contributed by atoms with Gasteiger partial charge in [0.25, 0.3) is 0 Å². The summed E-state index contributed by atoms with van der Waals surface area (Å²) in [5, 5.41) is 0. The van der Waals surface area contributed by atoms with Crippen LogP contribution in [0.3, 0.4) is 0 Å². The normalized spacial score (nSPS) is 22.3. The highest BCUT2D eigenvalue weighted by molar-refractivity contribution is 5.85. The van der Waals surface area contributed by atoms with Crippen molar-refractivity contribution in [2.45, 2.75) is 32.2 Å². The third-order valence-electron chi connectivity index (χ3n) is 5.41. The lowest BCUT2D eigenvalue weighted by molar-refractivity contribution is -0.147. The molecule has 0 spiro atoms. The Morgan fingerprint density at radius 1 is 1.31 bits per heavy atom. The molecule has 0 aromatic heterocycles. The maximum Gasteiger partial charge on any atom is 0.242 e. The Balaban J connectivity index is 1.56. The molecular weight excluding hydrogens is 335 g/mol. The molecule has 1 aromatic carbocycles.